The number of aliphatic hydroxyl groups excluding tert-OH is 1. The molecule has 16 heavy (non-hydrogen) atoms. The maximum Gasteiger partial charge on any atom is 0.351 e. The lowest BCUT2D eigenvalue weighted by Gasteiger charge is -2.12. The van der Waals surface area contributed by atoms with Crippen LogP contribution in [0, 0.1) is 0 Å². The molecule has 7 nitrogen and oxygen atoms in total. The molecule has 0 aliphatic carbocycles. The van der Waals surface area contributed by atoms with Crippen molar-refractivity contribution < 1.29 is 14.1 Å². The molecule has 3 atom stereocenters. The highest BCUT2D eigenvalue weighted by molar-refractivity contribution is 7.85. The minimum Gasteiger partial charge on any atom is -0.393 e. The number of nitrogens with zero attached hydrogens (tertiary/aromatic N) is 2. The van der Waals surface area contributed by atoms with E-state index >= 15 is 0 Å². The maximum absolute atomic E-state index is 11.5. The molecule has 1 aliphatic heterocycles. The molecule has 8 heteroatoms. The van der Waals surface area contributed by atoms with Crippen LogP contribution >= 0.6 is 0 Å². The summed E-state index contributed by atoms with van der Waals surface area (Å²) in [6.45, 7) is -0.333. The standard InChI is InChI=1S/C8H11N3O4S/c9-5-1-2-11(8(13)10-5)6-4-16(14)7(3-12)15-6/h1-2,6-7,12H,3-4H2,(H2,9,10,13)/t6-,7?,16-/m0/s1. The molecule has 0 radical (unpaired) electrons. The van der Waals surface area contributed by atoms with Crippen molar-refractivity contribution in [3.63, 3.8) is 0 Å². The lowest BCUT2D eigenvalue weighted by Crippen LogP contribution is -2.28. The fourth-order valence-electron chi connectivity index (χ4n) is 1.44. The zero-order valence-electron chi connectivity index (χ0n) is 8.28. The number of nitrogen functional groups attached to an aromatic ring is 1. The second kappa shape index (κ2) is 4.32. The Balaban J connectivity index is 2.27. The van der Waals surface area contributed by atoms with Gasteiger partial charge in [0.05, 0.1) is 23.2 Å². The van der Waals surface area contributed by atoms with E-state index in [2.05, 4.69) is 4.98 Å². The van der Waals surface area contributed by atoms with E-state index < -0.39 is 28.2 Å². The molecule has 2 rings (SSSR count). The Morgan fingerprint density at radius 2 is 2.50 bits per heavy atom. The first-order valence-corrected chi connectivity index (χ1v) is 5.98. The van der Waals surface area contributed by atoms with Crippen LogP contribution in [0.15, 0.2) is 17.1 Å². The molecule has 1 unspecified atom stereocenters. The van der Waals surface area contributed by atoms with Crippen LogP contribution < -0.4 is 11.4 Å². The summed E-state index contributed by atoms with van der Waals surface area (Å²) in [7, 11) is -1.30. The van der Waals surface area contributed by atoms with Crippen molar-refractivity contribution in [2.45, 2.75) is 11.7 Å². The van der Waals surface area contributed by atoms with Crippen LogP contribution in [-0.4, -0.2) is 36.7 Å². The van der Waals surface area contributed by atoms with Gasteiger partial charge in [-0.05, 0) is 6.07 Å². The summed E-state index contributed by atoms with van der Waals surface area (Å²) in [5, 5.41) is 8.87. The van der Waals surface area contributed by atoms with E-state index in [1.54, 1.807) is 0 Å². The van der Waals surface area contributed by atoms with E-state index in [9.17, 15) is 9.00 Å². The number of ether oxygens (including phenoxy) is 1. The van der Waals surface area contributed by atoms with Gasteiger partial charge in [-0.3, -0.25) is 8.78 Å². The summed E-state index contributed by atoms with van der Waals surface area (Å²) in [6, 6.07) is 1.46. The average molecular weight is 245 g/mol. The summed E-state index contributed by atoms with van der Waals surface area (Å²) in [6.07, 6.45) is 0.783. The molecular formula is C8H11N3O4S. The van der Waals surface area contributed by atoms with Gasteiger partial charge in [0.25, 0.3) is 0 Å². The number of anilines is 1. The Morgan fingerprint density at radius 3 is 3.06 bits per heavy atom. The normalized spacial score (nSPS) is 29.4. The highest BCUT2D eigenvalue weighted by Gasteiger charge is 2.33. The van der Waals surface area contributed by atoms with Gasteiger partial charge in [-0.1, -0.05) is 0 Å². The lowest BCUT2D eigenvalue weighted by molar-refractivity contribution is -0.00702. The third kappa shape index (κ3) is 1.99. The van der Waals surface area contributed by atoms with E-state index in [0.29, 0.717) is 0 Å². The third-order valence-electron chi connectivity index (χ3n) is 2.22. The third-order valence-corrected chi connectivity index (χ3v) is 3.68. The average Bonchev–Trinajstić information content (AvgIpc) is 2.59. The number of aromatic nitrogens is 2. The van der Waals surface area contributed by atoms with Crippen molar-refractivity contribution in [3.8, 4) is 0 Å². The quantitative estimate of drug-likeness (QED) is 0.651. The molecule has 0 aromatic carbocycles. The second-order valence-electron chi connectivity index (χ2n) is 3.29. The van der Waals surface area contributed by atoms with Gasteiger partial charge >= 0.3 is 5.69 Å². The largest absolute Gasteiger partial charge is 0.393 e. The monoisotopic (exact) mass is 245 g/mol. The Labute approximate surface area is 93.3 Å². The van der Waals surface area contributed by atoms with Crippen molar-refractivity contribution in [2.24, 2.45) is 0 Å². The zero-order chi connectivity index (χ0) is 11.7. The van der Waals surface area contributed by atoms with Crippen LogP contribution in [0.25, 0.3) is 0 Å². The van der Waals surface area contributed by atoms with E-state index in [1.165, 1.54) is 16.8 Å². The van der Waals surface area contributed by atoms with Crippen LogP contribution in [0.5, 0.6) is 0 Å². The van der Waals surface area contributed by atoms with E-state index in [1.807, 2.05) is 0 Å². The summed E-state index contributed by atoms with van der Waals surface area (Å²) in [5.74, 6) is 0.288. The Kier molecular flexibility index (Phi) is 3.03. The topological polar surface area (TPSA) is 107 Å². The first kappa shape index (κ1) is 11.2. The van der Waals surface area contributed by atoms with Gasteiger partial charge in [-0.2, -0.15) is 4.98 Å². The van der Waals surface area contributed by atoms with Crippen LogP contribution in [0.1, 0.15) is 6.23 Å². The van der Waals surface area contributed by atoms with E-state index in [-0.39, 0.29) is 18.2 Å². The van der Waals surface area contributed by atoms with Gasteiger partial charge in [0.15, 0.2) is 11.7 Å². The van der Waals surface area contributed by atoms with E-state index in [0.717, 1.165) is 0 Å². The molecule has 1 aromatic heterocycles. The molecule has 0 amide bonds. The Hall–Kier alpha value is -1.25. The fourth-order valence-corrected chi connectivity index (χ4v) is 2.59. The van der Waals surface area contributed by atoms with Gasteiger partial charge in [0.1, 0.15) is 5.82 Å². The molecule has 3 N–H and O–H groups in total. The molecule has 0 spiro atoms. The first-order valence-electron chi connectivity index (χ1n) is 4.60. The summed E-state index contributed by atoms with van der Waals surface area (Å²) < 4.78 is 17.9. The molecule has 1 saturated heterocycles. The Bertz CT molecular complexity index is 475. The lowest BCUT2D eigenvalue weighted by atomic mass is 10.5. The number of aliphatic hydroxyl groups is 1. The number of hydrogen-bond donors (Lipinski definition) is 2. The fraction of sp³-hybridized carbons (Fsp3) is 0.500. The minimum absolute atomic E-state index is 0.124. The van der Waals surface area contributed by atoms with Gasteiger partial charge in [-0.15, -0.1) is 0 Å². The second-order valence-corrected chi connectivity index (χ2v) is 4.91. The first-order chi connectivity index (χ1) is 7.61. The molecule has 1 aromatic rings. The minimum atomic E-state index is -1.30. The van der Waals surface area contributed by atoms with E-state index in [4.69, 9.17) is 15.6 Å². The van der Waals surface area contributed by atoms with Crippen molar-refractivity contribution in [1.29, 1.82) is 0 Å². The predicted molar refractivity (Wildman–Crippen MR) is 56.9 cm³/mol. The van der Waals surface area contributed by atoms with Crippen molar-refractivity contribution in [1.82, 2.24) is 9.55 Å². The number of hydrogen-bond acceptors (Lipinski definition) is 6. The molecule has 0 bridgehead atoms. The highest BCUT2D eigenvalue weighted by atomic mass is 32.2. The van der Waals surface area contributed by atoms with Crippen LogP contribution in [-0.2, 0) is 15.5 Å². The number of nitrogens with two attached hydrogens (primary N) is 1. The summed E-state index contributed by atoms with van der Waals surface area (Å²) in [5.41, 5.74) is 4.05. The van der Waals surface area contributed by atoms with Gasteiger partial charge in [0.2, 0.25) is 0 Å². The van der Waals surface area contributed by atoms with Crippen molar-refractivity contribution in [3.05, 3.63) is 22.7 Å². The predicted octanol–water partition coefficient (Wildman–Crippen LogP) is -1.58. The molecular weight excluding hydrogens is 234 g/mol. The zero-order valence-corrected chi connectivity index (χ0v) is 9.09. The SMILES string of the molecule is Nc1ccn([C@@H]2C[S@](=O)C(CO)O2)c(=O)n1. The smallest absolute Gasteiger partial charge is 0.351 e. The maximum atomic E-state index is 11.5. The molecule has 2 heterocycles. The molecule has 1 aliphatic rings. The Morgan fingerprint density at radius 1 is 1.75 bits per heavy atom. The van der Waals surface area contributed by atoms with Crippen LogP contribution in [0.4, 0.5) is 5.82 Å². The molecule has 0 saturated carbocycles. The molecule has 1 fully saturated rings. The van der Waals surface area contributed by atoms with Crippen molar-refractivity contribution in [2.75, 3.05) is 18.1 Å². The van der Waals surface area contributed by atoms with Gasteiger partial charge < -0.3 is 15.6 Å². The van der Waals surface area contributed by atoms with Crippen LogP contribution in [0.2, 0.25) is 0 Å². The summed E-state index contributed by atoms with van der Waals surface area (Å²) >= 11 is 0. The van der Waals surface area contributed by atoms with Crippen molar-refractivity contribution >= 4 is 16.6 Å². The summed E-state index contributed by atoms with van der Waals surface area (Å²) in [4.78, 5) is 15.0. The van der Waals surface area contributed by atoms with Gasteiger partial charge in [-0.25, -0.2) is 4.79 Å². The van der Waals surface area contributed by atoms with Gasteiger partial charge in [0, 0.05) is 6.20 Å². The number of rotatable bonds is 2. The van der Waals surface area contributed by atoms with Crippen LogP contribution in [0.3, 0.4) is 0 Å². The highest BCUT2D eigenvalue weighted by Crippen LogP contribution is 2.22. The molecule has 88 valence electrons.